The van der Waals surface area contributed by atoms with Crippen molar-refractivity contribution < 1.29 is 22.0 Å². The molecule has 0 aliphatic carbocycles. The monoisotopic (exact) mass is 400 g/mol. The molecule has 1 N–H and O–H groups in total. The number of anilines is 2. The highest BCUT2D eigenvalue weighted by molar-refractivity contribution is 7.93. The number of sulfonamides is 1. The third-order valence-corrected chi connectivity index (χ3v) is 6.23. The topological polar surface area (TPSA) is 66.5 Å². The summed E-state index contributed by atoms with van der Waals surface area (Å²) in [5.74, 6) is -2.83. The van der Waals surface area contributed by atoms with Gasteiger partial charge < -0.3 is 5.32 Å². The number of amides is 1. The van der Waals surface area contributed by atoms with Crippen molar-refractivity contribution in [2.45, 2.75) is 4.90 Å². The van der Waals surface area contributed by atoms with Gasteiger partial charge in [-0.05, 0) is 24.3 Å². The summed E-state index contributed by atoms with van der Waals surface area (Å²) in [6, 6.07) is 16.3. The maximum atomic E-state index is 13.3. The Hall–Kier alpha value is -3.26. The van der Waals surface area contributed by atoms with Crippen molar-refractivity contribution in [3.05, 3.63) is 78.4 Å². The highest BCUT2D eigenvalue weighted by Crippen LogP contribution is 2.42. The van der Waals surface area contributed by atoms with E-state index in [0.29, 0.717) is 16.8 Å². The van der Waals surface area contributed by atoms with Crippen molar-refractivity contribution in [2.24, 2.45) is 0 Å². The van der Waals surface area contributed by atoms with Crippen molar-refractivity contribution in [2.75, 3.05) is 16.2 Å². The van der Waals surface area contributed by atoms with Crippen LogP contribution in [-0.2, 0) is 14.8 Å². The first kappa shape index (κ1) is 18.1. The largest absolute Gasteiger partial charge is 0.324 e. The van der Waals surface area contributed by atoms with E-state index in [0.717, 1.165) is 16.4 Å². The van der Waals surface area contributed by atoms with Crippen molar-refractivity contribution in [3.63, 3.8) is 0 Å². The summed E-state index contributed by atoms with van der Waals surface area (Å²) < 4.78 is 53.6. The Morgan fingerprint density at radius 3 is 2.32 bits per heavy atom. The SMILES string of the molecule is O=C(CN1c2ccccc2-c2ccccc2S1(=O)=O)Nc1ccc(F)c(F)c1. The van der Waals surface area contributed by atoms with Gasteiger partial charge in [0.15, 0.2) is 11.6 Å². The first-order chi connectivity index (χ1) is 13.4. The van der Waals surface area contributed by atoms with Crippen LogP contribution in [0.2, 0.25) is 0 Å². The number of benzene rings is 3. The molecule has 0 saturated heterocycles. The molecule has 0 radical (unpaired) electrons. The molecule has 3 aromatic rings. The predicted molar refractivity (Wildman–Crippen MR) is 101 cm³/mol. The van der Waals surface area contributed by atoms with E-state index in [1.54, 1.807) is 42.5 Å². The Labute approximate surface area is 160 Å². The molecule has 0 spiro atoms. The molecule has 1 aliphatic rings. The summed E-state index contributed by atoms with van der Waals surface area (Å²) in [7, 11) is -3.96. The summed E-state index contributed by atoms with van der Waals surface area (Å²) in [6.45, 7) is -0.507. The predicted octanol–water partition coefficient (Wildman–Crippen LogP) is 3.78. The molecule has 142 valence electrons. The molecule has 0 atom stereocenters. The lowest BCUT2D eigenvalue weighted by Gasteiger charge is -2.31. The number of nitrogens with one attached hydrogen (secondary N) is 1. The van der Waals surface area contributed by atoms with Crippen LogP contribution in [0.5, 0.6) is 0 Å². The molecule has 3 aromatic carbocycles. The summed E-state index contributed by atoms with van der Waals surface area (Å²) >= 11 is 0. The Morgan fingerprint density at radius 2 is 1.57 bits per heavy atom. The molecular formula is C20H14F2N2O3S. The van der Waals surface area contributed by atoms with Gasteiger partial charge in [-0.2, -0.15) is 0 Å². The van der Waals surface area contributed by atoms with Gasteiger partial charge in [-0.25, -0.2) is 17.2 Å². The van der Waals surface area contributed by atoms with E-state index < -0.39 is 34.1 Å². The molecule has 0 bridgehead atoms. The van der Waals surface area contributed by atoms with E-state index >= 15 is 0 Å². The molecule has 0 unspecified atom stereocenters. The van der Waals surface area contributed by atoms with E-state index in [-0.39, 0.29) is 10.6 Å². The molecule has 1 aliphatic heterocycles. The maximum Gasteiger partial charge on any atom is 0.265 e. The Morgan fingerprint density at radius 1 is 0.893 bits per heavy atom. The number of rotatable bonds is 3. The van der Waals surface area contributed by atoms with Crippen LogP contribution < -0.4 is 9.62 Å². The maximum absolute atomic E-state index is 13.3. The number of halogens is 2. The number of carbonyl (C=O) groups is 1. The number of hydrogen-bond donors (Lipinski definition) is 1. The fourth-order valence-corrected chi connectivity index (χ4v) is 4.81. The molecule has 4 rings (SSSR count). The van der Waals surface area contributed by atoms with Gasteiger partial charge in [0.05, 0.1) is 10.6 Å². The van der Waals surface area contributed by atoms with Crippen LogP contribution in [0.25, 0.3) is 11.1 Å². The summed E-state index contributed by atoms with van der Waals surface area (Å²) in [4.78, 5) is 12.6. The molecule has 1 heterocycles. The molecule has 8 heteroatoms. The fraction of sp³-hybridized carbons (Fsp3) is 0.0500. The van der Waals surface area contributed by atoms with Gasteiger partial charge in [-0.15, -0.1) is 0 Å². The van der Waals surface area contributed by atoms with E-state index in [2.05, 4.69) is 5.32 Å². The molecule has 0 aromatic heterocycles. The highest BCUT2D eigenvalue weighted by atomic mass is 32.2. The minimum atomic E-state index is -3.96. The van der Waals surface area contributed by atoms with Gasteiger partial charge in [0.25, 0.3) is 10.0 Å². The highest BCUT2D eigenvalue weighted by Gasteiger charge is 2.35. The van der Waals surface area contributed by atoms with Crippen LogP contribution in [0.3, 0.4) is 0 Å². The minimum absolute atomic E-state index is 0.0343. The quantitative estimate of drug-likeness (QED) is 0.728. The van der Waals surface area contributed by atoms with Gasteiger partial charge in [0, 0.05) is 22.9 Å². The van der Waals surface area contributed by atoms with Crippen molar-refractivity contribution in [1.82, 2.24) is 0 Å². The average Bonchev–Trinajstić information content (AvgIpc) is 2.68. The fourth-order valence-electron chi connectivity index (χ4n) is 3.16. The second-order valence-corrected chi connectivity index (χ2v) is 8.03. The molecule has 1 amide bonds. The Bertz CT molecular complexity index is 1200. The average molecular weight is 400 g/mol. The third kappa shape index (κ3) is 3.01. The first-order valence-electron chi connectivity index (χ1n) is 8.34. The zero-order valence-corrected chi connectivity index (χ0v) is 15.2. The van der Waals surface area contributed by atoms with E-state index in [9.17, 15) is 22.0 Å². The lowest BCUT2D eigenvalue weighted by Crippen LogP contribution is -2.40. The summed E-state index contributed by atoms with van der Waals surface area (Å²) in [5, 5.41) is 2.40. The van der Waals surface area contributed by atoms with Crippen LogP contribution >= 0.6 is 0 Å². The van der Waals surface area contributed by atoms with Crippen molar-refractivity contribution in [1.29, 1.82) is 0 Å². The summed E-state index contributed by atoms with van der Waals surface area (Å²) in [5.41, 5.74) is 1.66. The molecule has 28 heavy (non-hydrogen) atoms. The second-order valence-electron chi connectivity index (χ2n) is 6.20. The van der Waals surface area contributed by atoms with Crippen LogP contribution in [0.15, 0.2) is 71.6 Å². The van der Waals surface area contributed by atoms with E-state index in [4.69, 9.17) is 0 Å². The van der Waals surface area contributed by atoms with Crippen LogP contribution in [0.4, 0.5) is 20.2 Å². The number of carbonyl (C=O) groups excluding carboxylic acids is 1. The van der Waals surface area contributed by atoms with Crippen molar-refractivity contribution >= 4 is 27.3 Å². The third-order valence-electron chi connectivity index (χ3n) is 4.41. The van der Waals surface area contributed by atoms with Gasteiger partial charge in [0.1, 0.15) is 6.54 Å². The number of fused-ring (bicyclic) bond motifs is 3. The lowest BCUT2D eigenvalue weighted by molar-refractivity contribution is -0.114. The number of hydrogen-bond acceptors (Lipinski definition) is 3. The second kappa shape index (κ2) is 6.72. The van der Waals surface area contributed by atoms with Gasteiger partial charge in [-0.3, -0.25) is 9.10 Å². The lowest BCUT2D eigenvalue weighted by atomic mass is 10.0. The minimum Gasteiger partial charge on any atom is -0.324 e. The molecule has 0 saturated carbocycles. The number of para-hydroxylation sites is 1. The first-order valence-corrected chi connectivity index (χ1v) is 9.78. The zero-order valence-electron chi connectivity index (χ0n) is 14.4. The van der Waals surface area contributed by atoms with Gasteiger partial charge >= 0.3 is 0 Å². The molecular weight excluding hydrogens is 386 g/mol. The Kier molecular flexibility index (Phi) is 4.35. The van der Waals surface area contributed by atoms with Gasteiger partial charge in [0.2, 0.25) is 5.91 Å². The summed E-state index contributed by atoms with van der Waals surface area (Å²) in [6.07, 6.45) is 0. The van der Waals surface area contributed by atoms with E-state index in [1.807, 2.05) is 0 Å². The normalized spacial score (nSPS) is 14.1. The van der Waals surface area contributed by atoms with Crippen LogP contribution in [-0.4, -0.2) is 20.9 Å². The van der Waals surface area contributed by atoms with Gasteiger partial charge in [-0.1, -0.05) is 36.4 Å². The standard InChI is InChI=1S/C20H14F2N2O3S/c21-16-10-9-13(11-17(16)22)23-20(25)12-24-18-7-3-1-5-14(18)15-6-2-4-8-19(15)28(24,26)27/h1-11H,12H2,(H,23,25). The van der Waals surface area contributed by atoms with E-state index in [1.165, 1.54) is 12.1 Å². The van der Waals surface area contributed by atoms with Crippen molar-refractivity contribution in [3.8, 4) is 11.1 Å². The smallest absolute Gasteiger partial charge is 0.265 e. The Balaban J connectivity index is 1.69. The van der Waals surface area contributed by atoms with Crippen LogP contribution in [0.1, 0.15) is 0 Å². The molecule has 5 nitrogen and oxygen atoms in total. The zero-order chi connectivity index (χ0) is 19.9. The number of nitrogens with zero attached hydrogens (tertiary/aromatic N) is 1. The molecule has 0 fully saturated rings. The van der Waals surface area contributed by atoms with Crippen LogP contribution in [0, 0.1) is 11.6 Å².